The second-order valence-electron chi connectivity index (χ2n) is 6.27. The number of aryl methyl sites for hydroxylation is 2. The van der Waals surface area contributed by atoms with Crippen LogP contribution in [0.1, 0.15) is 28.8 Å². The molecule has 128 valence electrons. The molecule has 1 aliphatic carbocycles. The second-order valence-corrected chi connectivity index (χ2v) is 8.34. The molecule has 5 heteroatoms. The van der Waals surface area contributed by atoms with E-state index in [1.165, 1.54) is 28.8 Å². The summed E-state index contributed by atoms with van der Waals surface area (Å²) < 4.78 is 1.71. The van der Waals surface area contributed by atoms with E-state index >= 15 is 0 Å². The summed E-state index contributed by atoms with van der Waals surface area (Å²) in [5.41, 5.74) is 2.56. The zero-order chi connectivity index (χ0) is 17.2. The number of nitrogens with zero attached hydrogens (tertiary/aromatic N) is 2. The van der Waals surface area contributed by atoms with E-state index in [2.05, 4.69) is 24.3 Å². The molecule has 0 saturated carbocycles. The molecular formula is C20H20N2OS2. The third-order valence-electron chi connectivity index (χ3n) is 4.57. The Morgan fingerprint density at radius 2 is 2.04 bits per heavy atom. The number of aromatic nitrogens is 2. The average Bonchev–Trinajstić information content (AvgIpc) is 3.02. The van der Waals surface area contributed by atoms with Crippen LogP contribution in [0.15, 0.2) is 46.4 Å². The van der Waals surface area contributed by atoms with Crippen molar-refractivity contribution in [3.05, 3.63) is 62.8 Å². The van der Waals surface area contributed by atoms with Crippen molar-refractivity contribution in [1.29, 1.82) is 0 Å². The van der Waals surface area contributed by atoms with Gasteiger partial charge in [-0.2, -0.15) is 0 Å². The number of rotatable bonds is 4. The summed E-state index contributed by atoms with van der Waals surface area (Å²) in [5, 5.41) is 1.67. The highest BCUT2D eigenvalue weighted by molar-refractivity contribution is 7.99. The number of benzene rings is 1. The molecule has 0 spiro atoms. The molecular weight excluding hydrogens is 348 g/mol. The van der Waals surface area contributed by atoms with Crippen LogP contribution in [0, 0.1) is 0 Å². The molecule has 25 heavy (non-hydrogen) atoms. The summed E-state index contributed by atoms with van der Waals surface area (Å²) in [6.07, 6.45) is 8.76. The average molecular weight is 369 g/mol. The molecule has 0 radical (unpaired) electrons. The lowest BCUT2D eigenvalue weighted by Gasteiger charge is -2.10. The third-order valence-corrected chi connectivity index (χ3v) is 6.74. The lowest BCUT2D eigenvalue weighted by Crippen LogP contribution is -2.20. The van der Waals surface area contributed by atoms with Crippen LogP contribution in [0.2, 0.25) is 0 Å². The van der Waals surface area contributed by atoms with Crippen LogP contribution in [0.5, 0.6) is 0 Å². The molecule has 0 unspecified atom stereocenters. The van der Waals surface area contributed by atoms with Crippen LogP contribution in [-0.4, -0.2) is 15.3 Å². The highest BCUT2D eigenvalue weighted by Gasteiger charge is 2.21. The highest BCUT2D eigenvalue weighted by atomic mass is 32.2. The predicted molar refractivity (Wildman–Crippen MR) is 108 cm³/mol. The van der Waals surface area contributed by atoms with Gasteiger partial charge in [0.15, 0.2) is 5.16 Å². The minimum Gasteiger partial charge on any atom is -0.290 e. The molecule has 3 nitrogen and oxygen atoms in total. The molecule has 0 aliphatic heterocycles. The van der Waals surface area contributed by atoms with Crippen LogP contribution in [0.3, 0.4) is 0 Å². The fourth-order valence-electron chi connectivity index (χ4n) is 3.27. The minimum atomic E-state index is 0.110. The molecule has 1 aromatic carbocycles. The maximum atomic E-state index is 12.8. The van der Waals surface area contributed by atoms with Crippen molar-refractivity contribution in [2.75, 3.05) is 5.75 Å². The number of thioether (sulfide) groups is 1. The Bertz CT molecular complexity index is 986. The van der Waals surface area contributed by atoms with Crippen LogP contribution in [0.4, 0.5) is 0 Å². The van der Waals surface area contributed by atoms with Gasteiger partial charge in [-0.1, -0.05) is 54.2 Å². The first kappa shape index (κ1) is 16.6. The Labute approximate surface area is 155 Å². The van der Waals surface area contributed by atoms with Gasteiger partial charge < -0.3 is 0 Å². The molecule has 1 aliphatic rings. The molecule has 3 aromatic rings. The van der Waals surface area contributed by atoms with Gasteiger partial charge in [-0.15, -0.1) is 11.3 Å². The van der Waals surface area contributed by atoms with Gasteiger partial charge in [0.25, 0.3) is 5.56 Å². The highest BCUT2D eigenvalue weighted by Crippen LogP contribution is 2.34. The van der Waals surface area contributed by atoms with Crippen LogP contribution < -0.4 is 5.56 Å². The van der Waals surface area contributed by atoms with Gasteiger partial charge in [0.05, 0.1) is 5.39 Å². The first-order valence-electron chi connectivity index (χ1n) is 8.59. The van der Waals surface area contributed by atoms with E-state index in [0.29, 0.717) is 0 Å². The number of thiophene rings is 1. The lowest BCUT2D eigenvalue weighted by molar-refractivity contribution is 0.695. The SMILES string of the molecule is Cn1c(SC/C=C\c2ccccc2)nc2sc3c(c2c1=O)CCCC3. The molecule has 4 rings (SSSR count). The van der Waals surface area contributed by atoms with Gasteiger partial charge in [0.2, 0.25) is 0 Å². The van der Waals surface area contributed by atoms with E-state index in [0.717, 1.165) is 34.0 Å². The molecule has 2 aromatic heterocycles. The second kappa shape index (κ2) is 7.18. The van der Waals surface area contributed by atoms with E-state index in [4.69, 9.17) is 4.98 Å². The fourth-order valence-corrected chi connectivity index (χ4v) is 5.35. The molecule has 0 N–H and O–H groups in total. The fraction of sp³-hybridized carbons (Fsp3) is 0.300. The van der Waals surface area contributed by atoms with Gasteiger partial charge in [0, 0.05) is 17.7 Å². The maximum absolute atomic E-state index is 12.8. The van der Waals surface area contributed by atoms with Gasteiger partial charge in [0.1, 0.15) is 4.83 Å². The van der Waals surface area contributed by atoms with Crippen LogP contribution in [-0.2, 0) is 19.9 Å². The van der Waals surface area contributed by atoms with Gasteiger partial charge in [-0.25, -0.2) is 4.98 Å². The van der Waals surface area contributed by atoms with E-state index in [9.17, 15) is 4.79 Å². The Kier molecular flexibility index (Phi) is 4.77. The van der Waals surface area contributed by atoms with Crippen molar-refractivity contribution in [1.82, 2.24) is 9.55 Å². The molecule has 2 heterocycles. The zero-order valence-electron chi connectivity index (χ0n) is 14.2. The Morgan fingerprint density at radius 1 is 1.24 bits per heavy atom. The van der Waals surface area contributed by atoms with E-state index in [1.54, 1.807) is 27.7 Å². The van der Waals surface area contributed by atoms with Crippen molar-refractivity contribution in [2.45, 2.75) is 30.8 Å². The standard InChI is InChI=1S/C20H20N2OS2/c1-22-19(23)17-15-11-5-6-12-16(15)25-18(17)21-20(22)24-13-7-10-14-8-3-2-4-9-14/h2-4,7-10H,5-6,11-13H2,1H3/b10-7-. The van der Waals surface area contributed by atoms with Crippen molar-refractivity contribution in [3.8, 4) is 0 Å². The Morgan fingerprint density at radius 3 is 2.88 bits per heavy atom. The van der Waals surface area contributed by atoms with E-state index < -0.39 is 0 Å². The number of hydrogen-bond donors (Lipinski definition) is 0. The Balaban J connectivity index is 1.59. The summed E-state index contributed by atoms with van der Waals surface area (Å²) in [4.78, 5) is 19.9. The van der Waals surface area contributed by atoms with Crippen molar-refractivity contribution in [2.24, 2.45) is 7.05 Å². The quantitative estimate of drug-likeness (QED) is 0.495. The third kappa shape index (κ3) is 3.31. The smallest absolute Gasteiger partial charge is 0.262 e. The first-order chi connectivity index (χ1) is 12.2. The summed E-state index contributed by atoms with van der Waals surface area (Å²) in [6, 6.07) is 10.2. The molecule has 0 saturated heterocycles. The topological polar surface area (TPSA) is 34.9 Å². The van der Waals surface area contributed by atoms with Crippen molar-refractivity contribution in [3.63, 3.8) is 0 Å². The largest absolute Gasteiger partial charge is 0.290 e. The summed E-state index contributed by atoms with van der Waals surface area (Å²) in [7, 11) is 1.84. The normalized spacial score (nSPS) is 14.3. The van der Waals surface area contributed by atoms with Gasteiger partial charge >= 0.3 is 0 Å². The van der Waals surface area contributed by atoms with Crippen molar-refractivity contribution >= 4 is 39.4 Å². The minimum absolute atomic E-state index is 0.110. The van der Waals surface area contributed by atoms with Gasteiger partial charge in [-0.3, -0.25) is 9.36 Å². The summed E-state index contributed by atoms with van der Waals surface area (Å²) in [5.74, 6) is 0.797. The Hall–Kier alpha value is -1.85. The van der Waals surface area contributed by atoms with Crippen LogP contribution in [0.25, 0.3) is 16.3 Å². The van der Waals surface area contributed by atoms with E-state index in [1.807, 2.05) is 25.2 Å². The summed E-state index contributed by atoms with van der Waals surface area (Å²) >= 11 is 3.33. The molecule has 0 fully saturated rings. The summed E-state index contributed by atoms with van der Waals surface area (Å²) in [6.45, 7) is 0. The molecule has 0 atom stereocenters. The number of hydrogen-bond acceptors (Lipinski definition) is 4. The molecule has 0 bridgehead atoms. The number of fused-ring (bicyclic) bond motifs is 3. The lowest BCUT2D eigenvalue weighted by atomic mass is 9.97. The first-order valence-corrected chi connectivity index (χ1v) is 10.4. The van der Waals surface area contributed by atoms with Crippen molar-refractivity contribution < 1.29 is 0 Å². The molecule has 0 amide bonds. The monoisotopic (exact) mass is 368 g/mol. The van der Waals surface area contributed by atoms with Crippen LogP contribution >= 0.6 is 23.1 Å². The predicted octanol–water partition coefficient (Wildman–Crippen LogP) is 4.68. The van der Waals surface area contributed by atoms with Gasteiger partial charge in [-0.05, 0) is 36.8 Å². The zero-order valence-corrected chi connectivity index (χ0v) is 15.8. The van der Waals surface area contributed by atoms with E-state index in [-0.39, 0.29) is 5.56 Å². The maximum Gasteiger partial charge on any atom is 0.262 e.